The number of anilines is 1. The Labute approximate surface area is 75.0 Å². The van der Waals surface area contributed by atoms with Gasteiger partial charge in [0.1, 0.15) is 11.9 Å². The van der Waals surface area contributed by atoms with Gasteiger partial charge in [-0.1, -0.05) is 0 Å². The molecule has 1 aromatic rings. The summed E-state index contributed by atoms with van der Waals surface area (Å²) in [6, 6.07) is 4.99. The number of aromatic nitrogens is 1. The van der Waals surface area contributed by atoms with Gasteiger partial charge in [0, 0.05) is 6.20 Å². The van der Waals surface area contributed by atoms with Crippen LogP contribution in [0.25, 0.3) is 0 Å². The molecule has 1 N–H and O–H groups in total. The van der Waals surface area contributed by atoms with Gasteiger partial charge in [-0.25, -0.2) is 9.78 Å². The first-order valence-corrected chi connectivity index (χ1v) is 3.47. The van der Waals surface area contributed by atoms with Gasteiger partial charge in [-0.2, -0.15) is 5.26 Å². The van der Waals surface area contributed by atoms with Gasteiger partial charge in [-0.15, -0.1) is 0 Å². The summed E-state index contributed by atoms with van der Waals surface area (Å²) in [6.45, 7) is 0. The standard InChI is InChI=1S/C8H7N3O2/c1-13-8(12)11-7-3-2-6(4-9)5-10-7/h2-3,5H,1H3,(H,10,11,12). The second-order valence-electron chi connectivity index (χ2n) is 2.16. The number of rotatable bonds is 1. The topological polar surface area (TPSA) is 75.0 Å². The zero-order valence-corrected chi connectivity index (χ0v) is 6.94. The molecule has 0 aromatic carbocycles. The molecule has 0 unspecified atom stereocenters. The zero-order chi connectivity index (χ0) is 9.68. The summed E-state index contributed by atoms with van der Waals surface area (Å²) in [4.78, 5) is 14.5. The molecule has 0 radical (unpaired) electrons. The fraction of sp³-hybridized carbons (Fsp3) is 0.125. The molecular weight excluding hydrogens is 170 g/mol. The van der Waals surface area contributed by atoms with Crippen LogP contribution in [0.3, 0.4) is 0 Å². The predicted molar refractivity (Wildman–Crippen MR) is 45.0 cm³/mol. The molecule has 1 heterocycles. The van der Waals surface area contributed by atoms with Crippen molar-refractivity contribution in [3.8, 4) is 6.07 Å². The normalized spacial score (nSPS) is 8.62. The second-order valence-corrected chi connectivity index (χ2v) is 2.16. The molecular formula is C8H7N3O2. The molecule has 0 atom stereocenters. The van der Waals surface area contributed by atoms with Gasteiger partial charge in [0.15, 0.2) is 0 Å². The summed E-state index contributed by atoms with van der Waals surface area (Å²) in [5.41, 5.74) is 0.440. The third-order valence-electron chi connectivity index (χ3n) is 1.31. The molecule has 1 amide bonds. The lowest BCUT2D eigenvalue weighted by Gasteiger charge is -2.00. The average molecular weight is 177 g/mol. The van der Waals surface area contributed by atoms with Crippen molar-refractivity contribution in [3.05, 3.63) is 23.9 Å². The maximum atomic E-state index is 10.7. The molecule has 5 nitrogen and oxygen atoms in total. The van der Waals surface area contributed by atoms with E-state index in [-0.39, 0.29) is 0 Å². The highest BCUT2D eigenvalue weighted by molar-refractivity contribution is 5.83. The number of hydrogen-bond donors (Lipinski definition) is 1. The Morgan fingerprint density at radius 3 is 2.92 bits per heavy atom. The summed E-state index contributed by atoms with van der Waals surface area (Å²) < 4.78 is 4.36. The number of pyridine rings is 1. The highest BCUT2D eigenvalue weighted by Crippen LogP contribution is 2.03. The molecule has 0 bridgehead atoms. The minimum atomic E-state index is -0.586. The van der Waals surface area contributed by atoms with E-state index in [1.165, 1.54) is 19.4 Å². The largest absolute Gasteiger partial charge is 0.453 e. The molecule has 13 heavy (non-hydrogen) atoms. The van der Waals surface area contributed by atoms with Crippen molar-refractivity contribution >= 4 is 11.9 Å². The maximum absolute atomic E-state index is 10.7. The van der Waals surface area contributed by atoms with Crippen LogP contribution < -0.4 is 5.32 Å². The average Bonchev–Trinajstić information content (AvgIpc) is 2.19. The van der Waals surface area contributed by atoms with Crippen molar-refractivity contribution in [2.45, 2.75) is 0 Å². The number of carbonyl (C=O) groups is 1. The van der Waals surface area contributed by atoms with E-state index in [1.54, 1.807) is 6.07 Å². The van der Waals surface area contributed by atoms with E-state index in [0.717, 1.165) is 0 Å². The summed E-state index contributed by atoms with van der Waals surface area (Å²) in [5, 5.41) is 10.8. The Kier molecular flexibility index (Phi) is 2.82. The number of nitriles is 1. The number of methoxy groups -OCH3 is 1. The van der Waals surface area contributed by atoms with Crippen molar-refractivity contribution in [2.75, 3.05) is 12.4 Å². The summed E-state index contributed by atoms with van der Waals surface area (Å²) >= 11 is 0. The molecule has 0 fully saturated rings. The SMILES string of the molecule is COC(=O)Nc1ccc(C#N)cn1. The van der Waals surface area contributed by atoms with Crippen LogP contribution >= 0.6 is 0 Å². The number of nitrogens with zero attached hydrogens (tertiary/aromatic N) is 2. The van der Waals surface area contributed by atoms with E-state index in [2.05, 4.69) is 15.0 Å². The van der Waals surface area contributed by atoms with Crippen LogP contribution in [0.15, 0.2) is 18.3 Å². The van der Waals surface area contributed by atoms with Crippen LogP contribution in [-0.4, -0.2) is 18.2 Å². The van der Waals surface area contributed by atoms with E-state index < -0.39 is 6.09 Å². The summed E-state index contributed by atoms with van der Waals surface area (Å²) in [7, 11) is 1.26. The maximum Gasteiger partial charge on any atom is 0.412 e. The third kappa shape index (κ3) is 2.45. The minimum Gasteiger partial charge on any atom is -0.453 e. The molecule has 0 spiro atoms. The lowest BCUT2D eigenvalue weighted by molar-refractivity contribution is 0.187. The highest BCUT2D eigenvalue weighted by atomic mass is 16.5. The third-order valence-corrected chi connectivity index (χ3v) is 1.31. The van der Waals surface area contributed by atoms with E-state index in [4.69, 9.17) is 5.26 Å². The number of amides is 1. The molecule has 0 aliphatic carbocycles. The van der Waals surface area contributed by atoms with Crippen LogP contribution in [-0.2, 0) is 4.74 Å². The Balaban J connectivity index is 2.71. The van der Waals surface area contributed by atoms with Gasteiger partial charge in [0.25, 0.3) is 0 Å². The number of ether oxygens (including phenoxy) is 1. The lowest BCUT2D eigenvalue weighted by atomic mass is 10.3. The Bertz CT molecular complexity index is 339. The summed E-state index contributed by atoms with van der Waals surface area (Å²) in [5.74, 6) is 0.353. The number of nitrogens with one attached hydrogen (secondary N) is 1. The highest BCUT2D eigenvalue weighted by Gasteiger charge is 2.00. The first-order chi connectivity index (χ1) is 6.26. The summed E-state index contributed by atoms with van der Waals surface area (Å²) in [6.07, 6.45) is 0.780. The van der Waals surface area contributed by atoms with Crippen LogP contribution in [0, 0.1) is 11.3 Å². The molecule has 5 heteroatoms. The lowest BCUT2D eigenvalue weighted by Crippen LogP contribution is -2.11. The molecule has 0 saturated heterocycles. The van der Waals surface area contributed by atoms with Crippen molar-refractivity contribution < 1.29 is 9.53 Å². The van der Waals surface area contributed by atoms with Crippen molar-refractivity contribution in [2.24, 2.45) is 0 Å². The number of carbonyl (C=O) groups excluding carboxylic acids is 1. The van der Waals surface area contributed by atoms with Gasteiger partial charge in [-0.05, 0) is 12.1 Å². The van der Waals surface area contributed by atoms with Gasteiger partial charge < -0.3 is 4.74 Å². The van der Waals surface area contributed by atoms with E-state index in [0.29, 0.717) is 11.4 Å². The van der Waals surface area contributed by atoms with Crippen LogP contribution in [0.1, 0.15) is 5.56 Å². The molecule has 0 saturated carbocycles. The Hall–Kier alpha value is -2.09. The van der Waals surface area contributed by atoms with Gasteiger partial charge in [0.2, 0.25) is 0 Å². The van der Waals surface area contributed by atoms with E-state index in [9.17, 15) is 4.79 Å². The van der Waals surface area contributed by atoms with Crippen molar-refractivity contribution in [3.63, 3.8) is 0 Å². The quantitative estimate of drug-likeness (QED) is 0.697. The second kappa shape index (κ2) is 4.07. The molecule has 0 aliphatic heterocycles. The monoisotopic (exact) mass is 177 g/mol. The van der Waals surface area contributed by atoms with Crippen LogP contribution in [0.5, 0.6) is 0 Å². The Morgan fingerprint density at radius 1 is 1.69 bits per heavy atom. The minimum absolute atomic E-state index is 0.353. The van der Waals surface area contributed by atoms with Crippen molar-refractivity contribution in [1.29, 1.82) is 5.26 Å². The van der Waals surface area contributed by atoms with Crippen LogP contribution in [0.4, 0.5) is 10.6 Å². The van der Waals surface area contributed by atoms with Gasteiger partial charge in [-0.3, -0.25) is 5.32 Å². The molecule has 0 aliphatic rings. The fourth-order valence-corrected chi connectivity index (χ4v) is 0.690. The van der Waals surface area contributed by atoms with E-state index >= 15 is 0 Å². The predicted octanol–water partition coefficient (Wildman–Crippen LogP) is 1.13. The first kappa shape index (κ1) is 9.00. The Morgan fingerprint density at radius 2 is 2.46 bits per heavy atom. The molecule has 66 valence electrons. The van der Waals surface area contributed by atoms with Gasteiger partial charge >= 0.3 is 6.09 Å². The van der Waals surface area contributed by atoms with E-state index in [1.807, 2.05) is 6.07 Å². The zero-order valence-electron chi connectivity index (χ0n) is 6.94. The van der Waals surface area contributed by atoms with Crippen LogP contribution in [0.2, 0.25) is 0 Å². The first-order valence-electron chi connectivity index (χ1n) is 3.47. The molecule has 1 rings (SSSR count). The van der Waals surface area contributed by atoms with Gasteiger partial charge in [0.05, 0.1) is 12.7 Å². The molecule has 1 aromatic heterocycles. The number of hydrogen-bond acceptors (Lipinski definition) is 4. The fourth-order valence-electron chi connectivity index (χ4n) is 0.690. The van der Waals surface area contributed by atoms with Crippen molar-refractivity contribution in [1.82, 2.24) is 4.98 Å². The smallest absolute Gasteiger partial charge is 0.412 e.